The molecule has 21 heavy (non-hydrogen) atoms. The van der Waals surface area contributed by atoms with E-state index in [0.717, 1.165) is 11.3 Å². The van der Waals surface area contributed by atoms with Crippen molar-refractivity contribution < 1.29 is 14.3 Å². The van der Waals surface area contributed by atoms with Gasteiger partial charge in [0.15, 0.2) is 0 Å². The van der Waals surface area contributed by atoms with E-state index in [4.69, 9.17) is 16.3 Å². The van der Waals surface area contributed by atoms with Gasteiger partial charge in [-0.1, -0.05) is 25.4 Å². The zero-order valence-corrected chi connectivity index (χ0v) is 14.0. The van der Waals surface area contributed by atoms with Crippen molar-refractivity contribution in [3.05, 3.63) is 28.8 Å². The average molecular weight is 330 g/mol. The Morgan fingerprint density at radius 3 is 2.67 bits per heavy atom. The summed E-state index contributed by atoms with van der Waals surface area (Å²) >= 11 is 7.09. The molecule has 0 fully saturated rings. The predicted molar refractivity (Wildman–Crippen MR) is 87.9 cm³/mol. The predicted octanol–water partition coefficient (Wildman–Crippen LogP) is 3.52. The number of esters is 1. The number of amides is 1. The number of carbonyl (C=O) groups excluding carboxylic acids is 2. The molecule has 0 aromatic heterocycles. The third-order valence-electron chi connectivity index (χ3n) is 2.49. The number of thioether (sulfide) groups is 1. The van der Waals surface area contributed by atoms with Gasteiger partial charge in [-0.2, -0.15) is 0 Å². The number of anilines is 1. The van der Waals surface area contributed by atoms with E-state index >= 15 is 0 Å². The van der Waals surface area contributed by atoms with Crippen LogP contribution in [0.15, 0.2) is 18.2 Å². The van der Waals surface area contributed by atoms with Gasteiger partial charge in [-0.15, -0.1) is 11.8 Å². The Kier molecular flexibility index (Phi) is 7.61. The van der Waals surface area contributed by atoms with Gasteiger partial charge in [0.25, 0.3) is 0 Å². The van der Waals surface area contributed by atoms with Gasteiger partial charge in [0.1, 0.15) is 0 Å². The lowest BCUT2D eigenvalue weighted by Gasteiger charge is -2.09. The normalized spacial score (nSPS) is 10.5. The smallest absolute Gasteiger partial charge is 0.315 e. The number of hydrogen-bond acceptors (Lipinski definition) is 4. The Hall–Kier alpha value is -1.20. The van der Waals surface area contributed by atoms with Crippen LogP contribution in [0.3, 0.4) is 0 Å². The summed E-state index contributed by atoms with van der Waals surface area (Å²) in [6.45, 7) is 6.23. The SMILES string of the molecule is Cc1cc(Cl)ccc1NC(=O)CSCC(=O)OCC(C)C. The second-order valence-corrected chi connectivity index (χ2v) is 6.50. The lowest BCUT2D eigenvalue weighted by molar-refractivity contribution is -0.141. The fourth-order valence-corrected chi connectivity index (χ4v) is 2.32. The molecule has 0 unspecified atom stereocenters. The van der Waals surface area contributed by atoms with Crippen LogP contribution in [0.5, 0.6) is 0 Å². The zero-order valence-electron chi connectivity index (χ0n) is 12.4. The van der Waals surface area contributed by atoms with Crippen molar-refractivity contribution in [2.45, 2.75) is 20.8 Å². The molecule has 0 aliphatic carbocycles. The molecular formula is C15H20ClNO3S. The molecule has 0 heterocycles. The first-order chi connectivity index (χ1) is 9.88. The van der Waals surface area contributed by atoms with Gasteiger partial charge in [-0.25, -0.2) is 0 Å². The third-order valence-corrected chi connectivity index (χ3v) is 3.63. The van der Waals surface area contributed by atoms with Crippen LogP contribution in [0, 0.1) is 12.8 Å². The number of hydrogen-bond donors (Lipinski definition) is 1. The molecule has 6 heteroatoms. The van der Waals surface area contributed by atoms with Crippen molar-refractivity contribution in [2.24, 2.45) is 5.92 Å². The van der Waals surface area contributed by atoms with Crippen molar-refractivity contribution >= 4 is 40.9 Å². The van der Waals surface area contributed by atoms with Crippen molar-refractivity contribution in [3.63, 3.8) is 0 Å². The Morgan fingerprint density at radius 2 is 2.05 bits per heavy atom. The Balaban J connectivity index is 2.29. The number of ether oxygens (including phenoxy) is 1. The lowest BCUT2D eigenvalue weighted by atomic mass is 10.2. The summed E-state index contributed by atoms with van der Waals surface area (Å²) in [4.78, 5) is 23.2. The maximum atomic E-state index is 11.8. The molecule has 1 rings (SSSR count). The minimum Gasteiger partial charge on any atom is -0.465 e. The maximum Gasteiger partial charge on any atom is 0.315 e. The molecule has 0 radical (unpaired) electrons. The van der Waals surface area contributed by atoms with Gasteiger partial charge in [-0.3, -0.25) is 9.59 Å². The van der Waals surface area contributed by atoms with Gasteiger partial charge in [-0.05, 0) is 36.6 Å². The van der Waals surface area contributed by atoms with Crippen LogP contribution in [-0.4, -0.2) is 30.0 Å². The summed E-state index contributed by atoms with van der Waals surface area (Å²) in [6.07, 6.45) is 0. The first kappa shape index (κ1) is 17.9. The van der Waals surface area contributed by atoms with E-state index in [2.05, 4.69) is 5.32 Å². The minimum atomic E-state index is -0.288. The van der Waals surface area contributed by atoms with Crippen LogP contribution in [0.2, 0.25) is 5.02 Å². The van der Waals surface area contributed by atoms with Crippen LogP contribution in [-0.2, 0) is 14.3 Å². The molecule has 1 aromatic rings. The number of carbonyl (C=O) groups is 2. The van der Waals surface area contributed by atoms with E-state index in [-0.39, 0.29) is 23.4 Å². The number of benzene rings is 1. The summed E-state index contributed by atoms with van der Waals surface area (Å²) in [6, 6.07) is 5.27. The maximum absolute atomic E-state index is 11.8. The van der Waals surface area contributed by atoms with Gasteiger partial charge in [0.2, 0.25) is 5.91 Å². The van der Waals surface area contributed by atoms with E-state index in [1.54, 1.807) is 18.2 Å². The topological polar surface area (TPSA) is 55.4 Å². The van der Waals surface area contributed by atoms with Crippen molar-refractivity contribution in [1.29, 1.82) is 0 Å². The molecule has 1 aromatic carbocycles. The minimum absolute atomic E-state index is 0.151. The van der Waals surface area contributed by atoms with Crippen LogP contribution < -0.4 is 5.32 Å². The molecule has 0 spiro atoms. The summed E-state index contributed by atoms with van der Waals surface area (Å²) in [7, 11) is 0. The summed E-state index contributed by atoms with van der Waals surface area (Å²) in [5.74, 6) is 0.264. The molecule has 0 saturated carbocycles. The lowest BCUT2D eigenvalue weighted by Crippen LogP contribution is -2.17. The van der Waals surface area contributed by atoms with Gasteiger partial charge in [0, 0.05) is 10.7 Å². The Bertz CT molecular complexity index is 506. The number of aryl methyl sites for hydroxylation is 1. The highest BCUT2D eigenvalue weighted by molar-refractivity contribution is 8.00. The molecule has 1 amide bonds. The van der Waals surface area contributed by atoms with E-state index in [0.29, 0.717) is 17.5 Å². The fourth-order valence-electron chi connectivity index (χ4n) is 1.48. The molecule has 0 bridgehead atoms. The molecule has 0 saturated heterocycles. The van der Waals surface area contributed by atoms with Gasteiger partial charge in [0.05, 0.1) is 18.1 Å². The Morgan fingerprint density at radius 1 is 1.33 bits per heavy atom. The molecule has 0 aliphatic rings. The van der Waals surface area contributed by atoms with Gasteiger partial charge >= 0.3 is 5.97 Å². The van der Waals surface area contributed by atoms with E-state index in [9.17, 15) is 9.59 Å². The second-order valence-electron chi connectivity index (χ2n) is 5.08. The molecule has 116 valence electrons. The first-order valence-corrected chi connectivity index (χ1v) is 8.21. The quantitative estimate of drug-likeness (QED) is 0.778. The fraction of sp³-hybridized carbons (Fsp3) is 0.467. The summed E-state index contributed by atoms with van der Waals surface area (Å²) in [5.41, 5.74) is 1.63. The summed E-state index contributed by atoms with van der Waals surface area (Å²) in [5, 5.41) is 3.42. The highest BCUT2D eigenvalue weighted by atomic mass is 35.5. The van der Waals surface area contributed by atoms with E-state index in [1.165, 1.54) is 11.8 Å². The Labute approximate surface area is 134 Å². The van der Waals surface area contributed by atoms with E-state index in [1.807, 2.05) is 20.8 Å². The molecule has 1 N–H and O–H groups in total. The third kappa shape index (κ3) is 7.39. The monoisotopic (exact) mass is 329 g/mol. The largest absolute Gasteiger partial charge is 0.465 e. The van der Waals surface area contributed by atoms with Crippen LogP contribution >= 0.6 is 23.4 Å². The average Bonchev–Trinajstić information content (AvgIpc) is 2.39. The highest BCUT2D eigenvalue weighted by Gasteiger charge is 2.09. The molecule has 4 nitrogen and oxygen atoms in total. The molecule has 0 atom stereocenters. The van der Waals surface area contributed by atoms with Crippen molar-refractivity contribution in [3.8, 4) is 0 Å². The van der Waals surface area contributed by atoms with E-state index < -0.39 is 0 Å². The number of nitrogens with one attached hydrogen (secondary N) is 1. The number of rotatable bonds is 7. The van der Waals surface area contributed by atoms with Crippen molar-refractivity contribution in [2.75, 3.05) is 23.4 Å². The molecule has 0 aliphatic heterocycles. The molecular weight excluding hydrogens is 310 g/mol. The van der Waals surface area contributed by atoms with Crippen LogP contribution in [0.1, 0.15) is 19.4 Å². The highest BCUT2D eigenvalue weighted by Crippen LogP contribution is 2.19. The summed E-state index contributed by atoms with van der Waals surface area (Å²) < 4.78 is 5.03. The van der Waals surface area contributed by atoms with Crippen molar-refractivity contribution in [1.82, 2.24) is 0 Å². The van der Waals surface area contributed by atoms with Gasteiger partial charge < -0.3 is 10.1 Å². The van der Waals surface area contributed by atoms with Crippen LogP contribution in [0.4, 0.5) is 5.69 Å². The zero-order chi connectivity index (χ0) is 15.8. The first-order valence-electron chi connectivity index (χ1n) is 6.68. The second kappa shape index (κ2) is 8.95. The van der Waals surface area contributed by atoms with Crippen LogP contribution in [0.25, 0.3) is 0 Å². The standard InChI is InChI=1S/C15H20ClNO3S/c1-10(2)7-20-15(19)9-21-8-14(18)17-13-5-4-12(16)6-11(13)3/h4-6,10H,7-9H2,1-3H3,(H,17,18). The number of halogens is 1.